The Kier molecular flexibility index (Phi) is 4.32. The van der Waals surface area contributed by atoms with Crippen molar-refractivity contribution in [2.45, 2.75) is 32.2 Å². The van der Waals surface area contributed by atoms with E-state index in [4.69, 9.17) is 10.8 Å². The van der Waals surface area contributed by atoms with Gasteiger partial charge in [0.1, 0.15) is 0 Å². The van der Waals surface area contributed by atoms with Crippen LogP contribution in [0, 0.1) is 0 Å². The number of nitrogens with two attached hydrogens (primary N) is 1. The Hall–Kier alpha value is -0.340. The van der Waals surface area contributed by atoms with Crippen molar-refractivity contribution in [1.29, 1.82) is 0 Å². The fourth-order valence-corrected chi connectivity index (χ4v) is 0.584. The highest BCUT2D eigenvalue weighted by Gasteiger charge is 2.13. The molecule has 60 valence electrons. The zero-order valence-corrected chi connectivity index (χ0v) is 6.80. The lowest BCUT2D eigenvalue weighted by molar-refractivity contribution is 0.210. The van der Waals surface area contributed by atoms with E-state index in [1.54, 1.807) is 0 Å². The highest BCUT2D eigenvalue weighted by Crippen LogP contribution is 2.04. The first-order valence-electron chi connectivity index (χ1n) is 3.67. The SMILES string of the molecule is CC/C=C/CC(C)(N)CO. The van der Waals surface area contributed by atoms with E-state index in [1.165, 1.54) is 0 Å². The van der Waals surface area contributed by atoms with Crippen molar-refractivity contribution in [2.75, 3.05) is 6.61 Å². The molecular formula is C8H17NO. The summed E-state index contributed by atoms with van der Waals surface area (Å²) in [5.74, 6) is 0. The minimum atomic E-state index is -0.439. The van der Waals surface area contributed by atoms with Crippen molar-refractivity contribution in [2.24, 2.45) is 5.73 Å². The molecular weight excluding hydrogens is 126 g/mol. The molecule has 0 amide bonds. The smallest absolute Gasteiger partial charge is 0.0611 e. The lowest BCUT2D eigenvalue weighted by atomic mass is 10.0. The molecule has 2 nitrogen and oxygen atoms in total. The van der Waals surface area contributed by atoms with Gasteiger partial charge in [0.05, 0.1) is 6.61 Å². The van der Waals surface area contributed by atoms with Gasteiger partial charge in [0.2, 0.25) is 0 Å². The summed E-state index contributed by atoms with van der Waals surface area (Å²) >= 11 is 0. The summed E-state index contributed by atoms with van der Waals surface area (Å²) in [6, 6.07) is 0. The molecule has 0 radical (unpaired) electrons. The predicted octanol–water partition coefficient (Wildman–Crippen LogP) is 1.05. The molecule has 0 bridgehead atoms. The second-order valence-electron chi connectivity index (χ2n) is 2.90. The second kappa shape index (κ2) is 4.47. The van der Waals surface area contributed by atoms with Gasteiger partial charge in [-0.25, -0.2) is 0 Å². The zero-order valence-electron chi connectivity index (χ0n) is 6.80. The van der Waals surface area contributed by atoms with Crippen LogP contribution in [0.2, 0.25) is 0 Å². The van der Waals surface area contributed by atoms with E-state index in [2.05, 4.69) is 13.0 Å². The lowest BCUT2D eigenvalue weighted by Gasteiger charge is -2.18. The van der Waals surface area contributed by atoms with Gasteiger partial charge in [-0.3, -0.25) is 0 Å². The van der Waals surface area contributed by atoms with Gasteiger partial charge >= 0.3 is 0 Å². The van der Waals surface area contributed by atoms with Crippen molar-refractivity contribution < 1.29 is 5.11 Å². The maximum atomic E-state index is 8.73. The van der Waals surface area contributed by atoms with Crippen LogP contribution in [0.4, 0.5) is 0 Å². The normalized spacial score (nSPS) is 17.6. The fraction of sp³-hybridized carbons (Fsp3) is 0.750. The van der Waals surface area contributed by atoms with Crippen LogP contribution in [0.15, 0.2) is 12.2 Å². The van der Waals surface area contributed by atoms with Gasteiger partial charge in [0.25, 0.3) is 0 Å². The Bertz CT molecular complexity index is 108. The third kappa shape index (κ3) is 4.53. The lowest BCUT2D eigenvalue weighted by Crippen LogP contribution is -2.39. The Morgan fingerprint density at radius 3 is 2.50 bits per heavy atom. The van der Waals surface area contributed by atoms with Crippen molar-refractivity contribution >= 4 is 0 Å². The number of rotatable bonds is 4. The quantitative estimate of drug-likeness (QED) is 0.578. The maximum absolute atomic E-state index is 8.73. The third-order valence-corrected chi connectivity index (χ3v) is 1.35. The van der Waals surface area contributed by atoms with E-state index < -0.39 is 5.54 Å². The van der Waals surface area contributed by atoms with Crippen molar-refractivity contribution in [1.82, 2.24) is 0 Å². The molecule has 0 rings (SSSR count). The highest BCUT2D eigenvalue weighted by atomic mass is 16.3. The van der Waals surface area contributed by atoms with Crippen LogP contribution in [0.3, 0.4) is 0 Å². The molecule has 1 atom stereocenters. The molecule has 0 aliphatic heterocycles. The van der Waals surface area contributed by atoms with E-state index in [1.807, 2.05) is 13.0 Å². The molecule has 2 heteroatoms. The molecule has 0 fully saturated rings. The first-order valence-corrected chi connectivity index (χ1v) is 3.67. The summed E-state index contributed by atoms with van der Waals surface area (Å²) in [6.07, 6.45) is 5.84. The summed E-state index contributed by atoms with van der Waals surface area (Å²) in [5.41, 5.74) is 5.22. The summed E-state index contributed by atoms with van der Waals surface area (Å²) in [6.45, 7) is 3.96. The Morgan fingerprint density at radius 1 is 1.50 bits per heavy atom. The van der Waals surface area contributed by atoms with Gasteiger partial charge < -0.3 is 10.8 Å². The largest absolute Gasteiger partial charge is 0.394 e. The molecule has 0 heterocycles. The molecule has 0 aliphatic rings. The average Bonchev–Trinajstić information content (AvgIpc) is 1.89. The van der Waals surface area contributed by atoms with Crippen molar-refractivity contribution in [3.8, 4) is 0 Å². The fourth-order valence-electron chi connectivity index (χ4n) is 0.584. The molecule has 0 aromatic heterocycles. The van der Waals surface area contributed by atoms with E-state index in [0.29, 0.717) is 0 Å². The Labute approximate surface area is 62.7 Å². The minimum absolute atomic E-state index is 0.0427. The van der Waals surface area contributed by atoms with Crippen LogP contribution in [-0.4, -0.2) is 17.3 Å². The molecule has 0 aromatic rings. The highest BCUT2D eigenvalue weighted by molar-refractivity contribution is 4.91. The standard InChI is InChI=1S/C8H17NO/c1-3-4-5-6-8(2,9)7-10/h4-5,10H,3,6-7,9H2,1-2H3/b5-4+. The second-order valence-corrected chi connectivity index (χ2v) is 2.90. The van der Waals surface area contributed by atoms with Gasteiger partial charge in [0, 0.05) is 5.54 Å². The van der Waals surface area contributed by atoms with Gasteiger partial charge in [-0.1, -0.05) is 19.1 Å². The summed E-state index contributed by atoms with van der Waals surface area (Å²) < 4.78 is 0. The monoisotopic (exact) mass is 143 g/mol. The molecule has 0 spiro atoms. The molecule has 10 heavy (non-hydrogen) atoms. The predicted molar refractivity (Wildman–Crippen MR) is 43.7 cm³/mol. The number of hydrogen-bond donors (Lipinski definition) is 2. The van der Waals surface area contributed by atoms with Crippen LogP contribution in [0.5, 0.6) is 0 Å². The first kappa shape index (κ1) is 9.66. The summed E-state index contributed by atoms with van der Waals surface area (Å²) in [4.78, 5) is 0. The Morgan fingerprint density at radius 2 is 2.10 bits per heavy atom. The number of hydrogen-bond acceptors (Lipinski definition) is 2. The summed E-state index contributed by atoms with van der Waals surface area (Å²) in [7, 11) is 0. The zero-order chi connectivity index (χ0) is 8.04. The van der Waals surface area contributed by atoms with Crippen LogP contribution < -0.4 is 5.73 Å². The summed E-state index contributed by atoms with van der Waals surface area (Å²) in [5, 5.41) is 8.73. The van der Waals surface area contributed by atoms with Crippen LogP contribution >= 0.6 is 0 Å². The van der Waals surface area contributed by atoms with Gasteiger partial charge in [-0.2, -0.15) is 0 Å². The number of allylic oxidation sites excluding steroid dienone is 1. The molecule has 0 saturated carbocycles. The molecule has 0 aliphatic carbocycles. The molecule has 0 saturated heterocycles. The number of aliphatic hydroxyl groups excluding tert-OH is 1. The number of aliphatic hydroxyl groups is 1. The van der Waals surface area contributed by atoms with Crippen LogP contribution in [0.1, 0.15) is 26.7 Å². The van der Waals surface area contributed by atoms with E-state index in [-0.39, 0.29) is 6.61 Å². The molecule has 0 aromatic carbocycles. The van der Waals surface area contributed by atoms with E-state index >= 15 is 0 Å². The van der Waals surface area contributed by atoms with Gasteiger partial charge in [-0.05, 0) is 19.8 Å². The van der Waals surface area contributed by atoms with Crippen LogP contribution in [-0.2, 0) is 0 Å². The van der Waals surface area contributed by atoms with Crippen molar-refractivity contribution in [3.05, 3.63) is 12.2 Å². The van der Waals surface area contributed by atoms with Crippen molar-refractivity contribution in [3.63, 3.8) is 0 Å². The van der Waals surface area contributed by atoms with Crippen LogP contribution in [0.25, 0.3) is 0 Å². The maximum Gasteiger partial charge on any atom is 0.0611 e. The molecule has 1 unspecified atom stereocenters. The van der Waals surface area contributed by atoms with E-state index in [0.717, 1.165) is 12.8 Å². The first-order chi connectivity index (χ1) is 4.62. The van der Waals surface area contributed by atoms with Gasteiger partial charge in [0.15, 0.2) is 0 Å². The Balaban J connectivity index is 3.56. The topological polar surface area (TPSA) is 46.2 Å². The molecule has 3 N–H and O–H groups in total. The average molecular weight is 143 g/mol. The third-order valence-electron chi connectivity index (χ3n) is 1.35. The van der Waals surface area contributed by atoms with Gasteiger partial charge in [-0.15, -0.1) is 0 Å². The van der Waals surface area contributed by atoms with E-state index in [9.17, 15) is 0 Å². The minimum Gasteiger partial charge on any atom is -0.394 e.